The topological polar surface area (TPSA) is 50.8 Å². The Balaban J connectivity index is 1.53. The molecular formula is C16H24N2O3S. The standard InChI is InChI=1S/C16H24N2O3S/c1-12-5-6-14(22-12)10-17-15(19)18-7-3-4-13(11-18)16(2)20-8-9-21-16/h5-6,13H,3-4,7-11H2,1-2H3,(H,17,19). The quantitative estimate of drug-likeness (QED) is 0.930. The number of rotatable bonds is 3. The minimum atomic E-state index is -0.524. The predicted octanol–water partition coefficient (Wildman–Crippen LogP) is 2.74. The van der Waals surface area contributed by atoms with Gasteiger partial charge >= 0.3 is 6.03 Å². The third kappa shape index (κ3) is 3.45. The fourth-order valence-electron chi connectivity index (χ4n) is 3.21. The SMILES string of the molecule is Cc1ccc(CNC(=O)N2CCCC(C3(C)OCCO3)C2)s1. The zero-order valence-electron chi connectivity index (χ0n) is 13.3. The molecule has 1 aromatic heterocycles. The molecule has 1 N–H and O–H groups in total. The second kappa shape index (κ2) is 6.56. The number of carbonyl (C=O) groups is 1. The van der Waals surface area contributed by atoms with E-state index in [1.54, 1.807) is 11.3 Å². The Morgan fingerprint density at radius 1 is 1.45 bits per heavy atom. The molecule has 2 fully saturated rings. The average molecular weight is 324 g/mol. The second-order valence-electron chi connectivity index (χ2n) is 6.17. The number of thiophene rings is 1. The Morgan fingerprint density at radius 2 is 2.23 bits per heavy atom. The first-order valence-electron chi connectivity index (χ1n) is 7.93. The molecular weight excluding hydrogens is 300 g/mol. The van der Waals surface area contributed by atoms with Crippen LogP contribution in [0.4, 0.5) is 4.79 Å². The van der Waals surface area contributed by atoms with Crippen molar-refractivity contribution in [2.24, 2.45) is 5.92 Å². The maximum atomic E-state index is 12.4. The van der Waals surface area contributed by atoms with Crippen molar-refractivity contribution in [3.05, 3.63) is 21.9 Å². The maximum absolute atomic E-state index is 12.4. The summed E-state index contributed by atoms with van der Waals surface area (Å²) in [6.45, 7) is 7.48. The Hall–Kier alpha value is -1.11. The summed E-state index contributed by atoms with van der Waals surface area (Å²) in [5, 5.41) is 3.02. The molecule has 0 aromatic carbocycles. The number of hydrogen-bond acceptors (Lipinski definition) is 4. The van der Waals surface area contributed by atoms with Crippen molar-refractivity contribution >= 4 is 17.4 Å². The molecule has 3 heterocycles. The predicted molar refractivity (Wildman–Crippen MR) is 85.9 cm³/mol. The van der Waals surface area contributed by atoms with E-state index >= 15 is 0 Å². The second-order valence-corrected chi connectivity index (χ2v) is 7.54. The van der Waals surface area contributed by atoms with Crippen LogP contribution in [0.25, 0.3) is 0 Å². The van der Waals surface area contributed by atoms with Crippen LogP contribution < -0.4 is 5.32 Å². The summed E-state index contributed by atoms with van der Waals surface area (Å²) < 4.78 is 11.5. The minimum absolute atomic E-state index is 0.0114. The van der Waals surface area contributed by atoms with E-state index in [2.05, 4.69) is 24.4 Å². The van der Waals surface area contributed by atoms with E-state index in [0.29, 0.717) is 26.3 Å². The number of carbonyl (C=O) groups excluding carboxylic acids is 1. The summed E-state index contributed by atoms with van der Waals surface area (Å²) in [6, 6.07) is 4.16. The highest BCUT2D eigenvalue weighted by Gasteiger charge is 2.42. The van der Waals surface area contributed by atoms with Crippen LogP contribution in [-0.2, 0) is 16.0 Å². The lowest BCUT2D eigenvalue weighted by Gasteiger charge is -2.39. The molecule has 0 radical (unpaired) electrons. The number of hydrogen-bond donors (Lipinski definition) is 1. The first-order valence-corrected chi connectivity index (χ1v) is 8.74. The van der Waals surface area contributed by atoms with Crippen molar-refractivity contribution in [2.45, 2.75) is 39.0 Å². The van der Waals surface area contributed by atoms with Gasteiger partial charge in [-0.1, -0.05) is 0 Å². The van der Waals surface area contributed by atoms with Crippen molar-refractivity contribution in [2.75, 3.05) is 26.3 Å². The summed E-state index contributed by atoms with van der Waals surface area (Å²) in [5.41, 5.74) is 0. The molecule has 1 unspecified atom stereocenters. The number of nitrogens with one attached hydrogen (secondary N) is 1. The Kier molecular flexibility index (Phi) is 4.70. The number of amides is 2. The van der Waals surface area contributed by atoms with Crippen LogP contribution in [0.3, 0.4) is 0 Å². The molecule has 0 saturated carbocycles. The lowest BCUT2D eigenvalue weighted by molar-refractivity contribution is -0.189. The molecule has 5 nitrogen and oxygen atoms in total. The van der Waals surface area contributed by atoms with Gasteiger partial charge in [-0.2, -0.15) is 0 Å². The fourth-order valence-corrected chi connectivity index (χ4v) is 4.04. The Bertz CT molecular complexity index is 525. The first kappa shape index (κ1) is 15.8. The zero-order chi connectivity index (χ0) is 15.6. The highest BCUT2D eigenvalue weighted by molar-refractivity contribution is 7.11. The van der Waals surface area contributed by atoms with Gasteiger partial charge in [-0.25, -0.2) is 4.79 Å². The van der Waals surface area contributed by atoms with Crippen molar-refractivity contribution in [3.8, 4) is 0 Å². The number of likely N-dealkylation sites (tertiary alicyclic amines) is 1. The van der Waals surface area contributed by atoms with Gasteiger partial charge in [0.05, 0.1) is 19.8 Å². The van der Waals surface area contributed by atoms with Gasteiger partial charge in [0.25, 0.3) is 0 Å². The third-order valence-electron chi connectivity index (χ3n) is 4.52. The molecule has 3 rings (SSSR count). The number of nitrogens with zero attached hydrogens (tertiary/aromatic N) is 1. The first-order chi connectivity index (χ1) is 10.6. The average Bonchev–Trinajstić information content (AvgIpc) is 3.14. The highest BCUT2D eigenvalue weighted by atomic mass is 32.1. The molecule has 2 saturated heterocycles. The summed E-state index contributed by atoms with van der Waals surface area (Å²) in [4.78, 5) is 16.7. The number of piperidine rings is 1. The van der Waals surface area contributed by atoms with Gasteiger partial charge in [0.2, 0.25) is 0 Å². The normalized spacial score (nSPS) is 24.5. The lowest BCUT2D eigenvalue weighted by atomic mass is 9.90. The van der Waals surface area contributed by atoms with Crippen LogP contribution in [0.2, 0.25) is 0 Å². The van der Waals surface area contributed by atoms with Crippen LogP contribution in [0.15, 0.2) is 12.1 Å². The third-order valence-corrected chi connectivity index (χ3v) is 5.52. The van der Waals surface area contributed by atoms with Gasteiger partial charge in [0, 0.05) is 28.8 Å². The Labute approximate surface area is 135 Å². The van der Waals surface area contributed by atoms with Crippen LogP contribution >= 0.6 is 11.3 Å². The van der Waals surface area contributed by atoms with Gasteiger partial charge in [-0.3, -0.25) is 0 Å². The molecule has 1 aromatic rings. The monoisotopic (exact) mass is 324 g/mol. The van der Waals surface area contributed by atoms with E-state index < -0.39 is 5.79 Å². The van der Waals surface area contributed by atoms with E-state index in [1.807, 2.05) is 11.8 Å². The number of ether oxygens (including phenoxy) is 2. The molecule has 0 spiro atoms. The summed E-state index contributed by atoms with van der Waals surface area (Å²) in [7, 11) is 0. The molecule has 0 aliphatic carbocycles. The van der Waals surface area contributed by atoms with E-state index in [0.717, 1.165) is 19.4 Å². The molecule has 2 aliphatic heterocycles. The smallest absolute Gasteiger partial charge is 0.317 e. The fraction of sp³-hybridized carbons (Fsp3) is 0.688. The molecule has 22 heavy (non-hydrogen) atoms. The Morgan fingerprint density at radius 3 is 2.91 bits per heavy atom. The van der Waals surface area contributed by atoms with E-state index in [9.17, 15) is 4.79 Å². The van der Waals surface area contributed by atoms with Gasteiger partial charge in [-0.05, 0) is 38.8 Å². The van der Waals surface area contributed by atoms with Gasteiger partial charge in [0.15, 0.2) is 5.79 Å². The van der Waals surface area contributed by atoms with Crippen LogP contribution in [0, 0.1) is 12.8 Å². The molecule has 6 heteroatoms. The van der Waals surface area contributed by atoms with E-state index in [-0.39, 0.29) is 11.9 Å². The van der Waals surface area contributed by atoms with Crippen molar-refractivity contribution < 1.29 is 14.3 Å². The van der Waals surface area contributed by atoms with Crippen molar-refractivity contribution in [3.63, 3.8) is 0 Å². The van der Waals surface area contributed by atoms with Gasteiger partial charge < -0.3 is 19.7 Å². The molecule has 1 atom stereocenters. The minimum Gasteiger partial charge on any atom is -0.347 e. The van der Waals surface area contributed by atoms with E-state index in [4.69, 9.17) is 9.47 Å². The zero-order valence-corrected chi connectivity index (χ0v) is 14.1. The van der Waals surface area contributed by atoms with Crippen LogP contribution in [-0.4, -0.2) is 43.0 Å². The lowest BCUT2D eigenvalue weighted by Crippen LogP contribution is -2.51. The number of aryl methyl sites for hydroxylation is 1. The highest BCUT2D eigenvalue weighted by Crippen LogP contribution is 2.34. The van der Waals surface area contributed by atoms with E-state index in [1.165, 1.54) is 9.75 Å². The summed E-state index contributed by atoms with van der Waals surface area (Å²) in [5.74, 6) is -0.275. The molecule has 2 aliphatic rings. The summed E-state index contributed by atoms with van der Waals surface area (Å²) >= 11 is 1.72. The van der Waals surface area contributed by atoms with Crippen molar-refractivity contribution in [1.82, 2.24) is 10.2 Å². The largest absolute Gasteiger partial charge is 0.347 e. The van der Waals surface area contributed by atoms with Crippen molar-refractivity contribution in [1.29, 1.82) is 0 Å². The number of urea groups is 1. The van der Waals surface area contributed by atoms with Gasteiger partial charge in [0.1, 0.15) is 0 Å². The molecule has 0 bridgehead atoms. The molecule has 2 amide bonds. The van der Waals surface area contributed by atoms with Gasteiger partial charge in [-0.15, -0.1) is 11.3 Å². The maximum Gasteiger partial charge on any atom is 0.317 e. The molecule has 122 valence electrons. The summed E-state index contributed by atoms with van der Waals surface area (Å²) in [6.07, 6.45) is 2.04. The van der Waals surface area contributed by atoms with Crippen LogP contribution in [0.1, 0.15) is 29.5 Å². The van der Waals surface area contributed by atoms with Crippen LogP contribution in [0.5, 0.6) is 0 Å².